The van der Waals surface area contributed by atoms with Crippen LogP contribution in [0.1, 0.15) is 65.8 Å². The summed E-state index contributed by atoms with van der Waals surface area (Å²) in [7, 11) is 1.51. The summed E-state index contributed by atoms with van der Waals surface area (Å²) in [5, 5.41) is 19.8. The molecule has 0 spiro atoms. The minimum Gasteiger partial charge on any atom is -0.489 e. The van der Waals surface area contributed by atoms with Gasteiger partial charge in [-0.15, -0.1) is 8.78 Å². The Balaban J connectivity index is 1.16. The maximum absolute atomic E-state index is 13.8. The van der Waals surface area contributed by atoms with Crippen LogP contribution in [0.3, 0.4) is 0 Å². The summed E-state index contributed by atoms with van der Waals surface area (Å²) in [5.41, 5.74) is 5.96. The smallest absolute Gasteiger partial charge is 0.489 e. The molecule has 4 aromatic rings. The van der Waals surface area contributed by atoms with Gasteiger partial charge in [-0.1, -0.05) is 0 Å². The zero-order valence-electron chi connectivity index (χ0n) is 25.5. The molecule has 0 bridgehead atoms. The van der Waals surface area contributed by atoms with E-state index in [9.17, 15) is 23.5 Å². The second-order valence-corrected chi connectivity index (χ2v) is 12.9. The van der Waals surface area contributed by atoms with E-state index >= 15 is 0 Å². The van der Waals surface area contributed by atoms with Crippen molar-refractivity contribution in [3.8, 4) is 34.4 Å². The van der Waals surface area contributed by atoms with Crippen molar-refractivity contribution in [1.82, 2.24) is 19.9 Å². The van der Waals surface area contributed by atoms with Gasteiger partial charge in [-0.2, -0.15) is 5.10 Å². The predicted molar refractivity (Wildman–Crippen MR) is 161 cm³/mol. The molecule has 2 aliphatic heterocycles. The highest BCUT2D eigenvalue weighted by Gasteiger charge is 2.50. The lowest BCUT2D eigenvalue weighted by molar-refractivity contribution is -0.286. The van der Waals surface area contributed by atoms with Crippen molar-refractivity contribution in [2.45, 2.75) is 55.8 Å². The molecule has 47 heavy (non-hydrogen) atoms. The lowest BCUT2D eigenvalue weighted by atomic mass is 9.81. The Labute approximate surface area is 266 Å². The number of pyridine rings is 2. The van der Waals surface area contributed by atoms with Crippen molar-refractivity contribution in [3.05, 3.63) is 65.0 Å². The van der Waals surface area contributed by atoms with Gasteiger partial charge in [0.25, 0.3) is 5.91 Å². The fourth-order valence-corrected chi connectivity index (χ4v) is 6.37. The Kier molecular flexibility index (Phi) is 6.27. The number of hydrogen-bond donors (Lipinski definition) is 3. The van der Waals surface area contributed by atoms with Crippen LogP contribution >= 0.6 is 0 Å². The standard InChI is InChI=1S/C33H31F2N5O7/c1-31(30(36)42)15-45-28-21(31)13-25(38-27(28)17-5-8-23-24(10-17)47-33(34,35)46-23)32(43,19-6-7-19)14-37-29(41)18-9-20-12-22(16-3-4-16)39-40(20)26(11-18)44-2/h5,8-13,16,19,43H,3-4,6-7,14-15H2,1-2H3,(H2,36,42)(H,37,41)/t31-,32+/m0/s1. The number of methoxy groups -OCH3 is 1. The van der Waals surface area contributed by atoms with Crippen LogP contribution in [0.25, 0.3) is 16.8 Å². The molecule has 244 valence electrons. The summed E-state index contributed by atoms with van der Waals surface area (Å²) >= 11 is 0. The minimum atomic E-state index is -3.82. The molecule has 12 nitrogen and oxygen atoms in total. The first-order valence-electron chi connectivity index (χ1n) is 15.4. The summed E-state index contributed by atoms with van der Waals surface area (Å²) in [5.74, 6) is -0.666. The van der Waals surface area contributed by atoms with Crippen molar-refractivity contribution in [2.24, 2.45) is 11.7 Å². The third kappa shape index (κ3) is 4.80. The Bertz CT molecular complexity index is 1990. The van der Waals surface area contributed by atoms with Gasteiger partial charge in [-0.25, -0.2) is 9.50 Å². The van der Waals surface area contributed by atoms with E-state index in [1.165, 1.54) is 25.3 Å². The number of primary amides is 1. The second-order valence-electron chi connectivity index (χ2n) is 12.9. The molecule has 2 amide bonds. The van der Waals surface area contributed by atoms with Crippen molar-refractivity contribution in [1.29, 1.82) is 0 Å². The van der Waals surface area contributed by atoms with Crippen LogP contribution in [0, 0.1) is 5.92 Å². The first-order valence-corrected chi connectivity index (χ1v) is 15.4. The van der Waals surface area contributed by atoms with Crippen molar-refractivity contribution < 1.29 is 42.4 Å². The van der Waals surface area contributed by atoms with Crippen molar-refractivity contribution >= 4 is 17.3 Å². The zero-order chi connectivity index (χ0) is 32.9. The number of fused-ring (bicyclic) bond motifs is 3. The number of nitrogens with one attached hydrogen (secondary N) is 1. The Hall–Kier alpha value is -4.98. The highest BCUT2D eigenvalue weighted by atomic mass is 19.3. The average molecular weight is 648 g/mol. The SMILES string of the molecule is COc1cc(C(=O)NC[C@](O)(c2cc3c(c(-c4ccc5c(c4)OC(F)(F)O5)n2)OC[C@]3(C)C(N)=O)C2CC2)cc2cc(C3CC3)nn12. The normalized spacial score (nSPS) is 22.0. The summed E-state index contributed by atoms with van der Waals surface area (Å²) in [6.07, 6.45) is -0.332. The first-order chi connectivity index (χ1) is 22.4. The van der Waals surface area contributed by atoms with Gasteiger partial charge in [-0.3, -0.25) is 9.59 Å². The van der Waals surface area contributed by atoms with Gasteiger partial charge in [0.05, 0.1) is 30.6 Å². The van der Waals surface area contributed by atoms with Gasteiger partial charge in [0.1, 0.15) is 29.1 Å². The summed E-state index contributed by atoms with van der Waals surface area (Å²) in [4.78, 5) is 31.0. The Morgan fingerprint density at radius 2 is 1.89 bits per heavy atom. The monoisotopic (exact) mass is 647 g/mol. The minimum absolute atomic E-state index is 0.0849. The molecular weight excluding hydrogens is 616 g/mol. The summed E-state index contributed by atoms with van der Waals surface area (Å²) < 4.78 is 49.9. The molecule has 5 heterocycles. The van der Waals surface area contributed by atoms with Gasteiger partial charge in [0.2, 0.25) is 11.8 Å². The van der Waals surface area contributed by atoms with Crippen LogP contribution in [-0.2, 0) is 15.8 Å². The van der Waals surface area contributed by atoms with Gasteiger partial charge in [0.15, 0.2) is 11.5 Å². The third-order valence-corrected chi connectivity index (χ3v) is 9.52. The number of aliphatic hydroxyl groups is 1. The number of alkyl halides is 2. The van der Waals surface area contributed by atoms with E-state index in [0.717, 1.165) is 18.5 Å². The molecule has 2 atom stereocenters. The molecule has 2 aliphatic carbocycles. The van der Waals surface area contributed by atoms with Gasteiger partial charge in [-0.05, 0) is 74.9 Å². The number of benzene rings is 1. The molecule has 3 aromatic heterocycles. The third-order valence-electron chi connectivity index (χ3n) is 9.52. The molecule has 0 radical (unpaired) electrons. The molecule has 14 heteroatoms. The Morgan fingerprint density at radius 3 is 2.60 bits per heavy atom. The van der Waals surface area contributed by atoms with E-state index in [2.05, 4.69) is 19.9 Å². The number of ether oxygens (including phenoxy) is 4. The fraction of sp³-hybridized carbons (Fsp3) is 0.394. The fourth-order valence-electron chi connectivity index (χ4n) is 6.37. The molecule has 0 saturated heterocycles. The van der Waals surface area contributed by atoms with Crippen LogP contribution in [0.15, 0.2) is 42.5 Å². The quantitative estimate of drug-likeness (QED) is 0.246. The van der Waals surface area contributed by atoms with Gasteiger partial charge < -0.3 is 35.1 Å². The molecule has 8 rings (SSSR count). The van der Waals surface area contributed by atoms with E-state index in [1.54, 1.807) is 29.6 Å². The van der Waals surface area contributed by atoms with Crippen molar-refractivity contribution in [2.75, 3.05) is 20.3 Å². The molecular formula is C33H31F2N5O7. The molecule has 4 aliphatic rings. The van der Waals surface area contributed by atoms with E-state index in [0.29, 0.717) is 46.8 Å². The van der Waals surface area contributed by atoms with E-state index in [4.69, 9.17) is 20.2 Å². The number of rotatable bonds is 9. The van der Waals surface area contributed by atoms with Gasteiger partial charge >= 0.3 is 6.29 Å². The maximum atomic E-state index is 13.8. The van der Waals surface area contributed by atoms with Crippen LogP contribution in [0.2, 0.25) is 0 Å². The van der Waals surface area contributed by atoms with Crippen LogP contribution in [-0.4, -0.2) is 58.1 Å². The molecule has 2 saturated carbocycles. The molecule has 0 unspecified atom stereocenters. The lowest BCUT2D eigenvalue weighted by Crippen LogP contribution is -2.44. The van der Waals surface area contributed by atoms with E-state index in [-0.39, 0.29) is 47.7 Å². The zero-order valence-corrected chi connectivity index (χ0v) is 25.5. The average Bonchev–Trinajstić information content (AvgIpc) is 3.97. The first kappa shape index (κ1) is 29.4. The highest BCUT2D eigenvalue weighted by molar-refractivity contribution is 5.96. The topological polar surface area (TPSA) is 160 Å². The number of aromatic nitrogens is 3. The molecule has 2 fully saturated rings. The number of carbonyl (C=O) groups is 2. The molecule has 4 N–H and O–H groups in total. The van der Waals surface area contributed by atoms with Crippen LogP contribution in [0.5, 0.6) is 23.1 Å². The summed E-state index contributed by atoms with van der Waals surface area (Å²) in [6.45, 7) is 1.34. The van der Waals surface area contributed by atoms with Crippen LogP contribution < -0.4 is 30.0 Å². The number of nitrogens with zero attached hydrogens (tertiary/aromatic N) is 3. The largest absolute Gasteiger partial charge is 0.586 e. The van der Waals surface area contributed by atoms with E-state index in [1.807, 2.05) is 6.07 Å². The Morgan fingerprint density at radius 1 is 1.13 bits per heavy atom. The maximum Gasteiger partial charge on any atom is 0.586 e. The number of carbonyl (C=O) groups excluding carboxylic acids is 2. The second kappa shape index (κ2) is 10.0. The van der Waals surface area contributed by atoms with Crippen molar-refractivity contribution in [3.63, 3.8) is 0 Å². The number of halogens is 2. The molecule has 1 aromatic carbocycles. The highest BCUT2D eigenvalue weighted by Crippen LogP contribution is 2.51. The number of amides is 2. The number of hydrogen-bond acceptors (Lipinski definition) is 9. The van der Waals surface area contributed by atoms with Crippen LogP contribution in [0.4, 0.5) is 8.78 Å². The summed E-state index contributed by atoms with van der Waals surface area (Å²) in [6, 6.07) is 11.0. The predicted octanol–water partition coefficient (Wildman–Crippen LogP) is 3.77. The number of nitrogens with two attached hydrogens (primary N) is 1. The lowest BCUT2D eigenvalue weighted by Gasteiger charge is -2.30. The van der Waals surface area contributed by atoms with E-state index < -0.39 is 29.1 Å². The van der Waals surface area contributed by atoms with Gasteiger partial charge in [0, 0.05) is 28.7 Å².